The van der Waals surface area contributed by atoms with Crippen molar-refractivity contribution in [2.75, 3.05) is 33.8 Å². The van der Waals surface area contributed by atoms with Crippen molar-refractivity contribution in [3.63, 3.8) is 0 Å². The summed E-state index contributed by atoms with van der Waals surface area (Å²) >= 11 is 0. The van der Waals surface area contributed by atoms with Gasteiger partial charge in [-0.1, -0.05) is 18.2 Å². The van der Waals surface area contributed by atoms with Crippen molar-refractivity contribution >= 4 is 16.8 Å². The van der Waals surface area contributed by atoms with E-state index in [9.17, 15) is 9.59 Å². The van der Waals surface area contributed by atoms with Crippen molar-refractivity contribution in [1.29, 1.82) is 0 Å². The minimum Gasteiger partial charge on any atom is -0.496 e. The van der Waals surface area contributed by atoms with Crippen LogP contribution in [0.15, 0.2) is 47.5 Å². The third kappa shape index (κ3) is 5.28. The maximum atomic E-state index is 13.6. The zero-order valence-corrected chi connectivity index (χ0v) is 23.6. The molecule has 0 radical (unpaired) electrons. The van der Waals surface area contributed by atoms with Gasteiger partial charge in [0, 0.05) is 54.3 Å². The number of hydrogen-bond acceptors (Lipinski definition) is 6. The van der Waals surface area contributed by atoms with Crippen LogP contribution in [-0.4, -0.2) is 65.2 Å². The number of para-hydroxylation sites is 1. The number of piperidine rings is 1. The van der Waals surface area contributed by atoms with E-state index < -0.39 is 0 Å². The molecule has 5 rings (SSSR count). The predicted molar refractivity (Wildman–Crippen MR) is 154 cm³/mol. The molecule has 4 heterocycles. The first-order chi connectivity index (χ1) is 18.8. The molecule has 39 heavy (non-hydrogen) atoms. The lowest BCUT2D eigenvalue weighted by atomic mass is 9.89. The number of carbonyl (C=O) groups is 1. The van der Waals surface area contributed by atoms with Crippen LogP contribution in [-0.2, 0) is 6.54 Å². The van der Waals surface area contributed by atoms with Gasteiger partial charge in [-0.15, -0.1) is 0 Å². The molecular formula is C30H40N6O3. The minimum absolute atomic E-state index is 0.0884. The van der Waals surface area contributed by atoms with Gasteiger partial charge in [0.1, 0.15) is 11.9 Å². The molecule has 3 aromatic rings. The smallest absolute Gasteiger partial charge is 0.256 e. The van der Waals surface area contributed by atoms with Gasteiger partial charge in [-0.05, 0) is 64.8 Å². The number of aromatic amines is 1. The number of likely N-dealkylation sites (tertiary alicyclic amines) is 1. The number of amides is 1. The molecule has 1 aromatic carbocycles. The Bertz CT molecular complexity index is 1430. The molecule has 0 spiro atoms. The van der Waals surface area contributed by atoms with E-state index in [0.29, 0.717) is 34.7 Å². The number of benzene rings is 1. The monoisotopic (exact) mass is 532 g/mol. The highest BCUT2D eigenvalue weighted by Crippen LogP contribution is 2.36. The summed E-state index contributed by atoms with van der Waals surface area (Å²) in [5.74, 6) is 0.810. The molecule has 3 N–H and O–H groups in total. The summed E-state index contributed by atoms with van der Waals surface area (Å²) in [6.07, 6.45) is 6.68. The number of carbonyl (C=O) groups excluding carboxylic acids is 1. The highest BCUT2D eigenvalue weighted by molar-refractivity contribution is 6.08. The van der Waals surface area contributed by atoms with Gasteiger partial charge in [0.15, 0.2) is 0 Å². The van der Waals surface area contributed by atoms with Gasteiger partial charge >= 0.3 is 0 Å². The number of hydrogen-bond donors (Lipinski definition) is 3. The quantitative estimate of drug-likeness (QED) is 0.411. The van der Waals surface area contributed by atoms with Crippen LogP contribution in [0.1, 0.15) is 53.1 Å². The van der Waals surface area contributed by atoms with E-state index >= 15 is 0 Å². The van der Waals surface area contributed by atoms with Gasteiger partial charge in [-0.25, -0.2) is 0 Å². The molecule has 2 atom stereocenters. The summed E-state index contributed by atoms with van der Waals surface area (Å²) in [6, 6.07) is 10.2. The molecule has 0 saturated carbocycles. The molecular weight excluding hydrogens is 492 g/mol. The van der Waals surface area contributed by atoms with Crippen molar-refractivity contribution in [3.8, 4) is 5.75 Å². The second-order valence-electron chi connectivity index (χ2n) is 10.9. The van der Waals surface area contributed by atoms with Crippen molar-refractivity contribution in [3.05, 3.63) is 75.6 Å². The summed E-state index contributed by atoms with van der Waals surface area (Å²) in [7, 11) is 3.64. The Kier molecular flexibility index (Phi) is 7.70. The zero-order chi connectivity index (χ0) is 27.7. The maximum absolute atomic E-state index is 13.6. The number of aromatic nitrogens is 2. The van der Waals surface area contributed by atoms with Crippen molar-refractivity contribution in [2.24, 2.45) is 5.92 Å². The fraction of sp³-hybridized carbons (Fsp3) is 0.467. The molecule has 1 unspecified atom stereocenters. The number of H-pyrrole nitrogens is 1. The molecule has 1 fully saturated rings. The largest absolute Gasteiger partial charge is 0.496 e. The summed E-state index contributed by atoms with van der Waals surface area (Å²) in [5.41, 5.74) is 3.57. The predicted octanol–water partition coefficient (Wildman–Crippen LogP) is 3.49. The Labute approximate surface area is 229 Å². The van der Waals surface area contributed by atoms with Crippen LogP contribution >= 0.6 is 0 Å². The third-order valence-electron chi connectivity index (χ3n) is 8.50. The van der Waals surface area contributed by atoms with Crippen LogP contribution in [0.4, 0.5) is 0 Å². The fourth-order valence-corrected chi connectivity index (χ4v) is 6.24. The Morgan fingerprint density at radius 2 is 1.95 bits per heavy atom. The summed E-state index contributed by atoms with van der Waals surface area (Å²) in [5, 5.41) is 7.34. The number of likely N-dealkylation sites (N-methyl/N-ethyl adjacent to an activating group) is 1. The van der Waals surface area contributed by atoms with Crippen molar-refractivity contribution in [2.45, 2.75) is 52.4 Å². The lowest BCUT2D eigenvalue weighted by Gasteiger charge is -2.38. The van der Waals surface area contributed by atoms with E-state index in [1.54, 1.807) is 13.0 Å². The molecule has 1 amide bonds. The number of ether oxygens (including phenoxy) is 1. The number of pyridine rings is 1. The van der Waals surface area contributed by atoms with Gasteiger partial charge in [-0.3, -0.25) is 14.5 Å². The molecule has 2 aliphatic heterocycles. The topological polar surface area (TPSA) is 94.6 Å². The molecule has 208 valence electrons. The molecule has 0 aliphatic carbocycles. The molecule has 9 heteroatoms. The van der Waals surface area contributed by atoms with E-state index in [1.165, 1.54) is 7.11 Å². The molecule has 1 saturated heterocycles. The first-order valence-corrected chi connectivity index (χ1v) is 13.8. The molecule has 2 aliphatic rings. The molecule has 9 nitrogen and oxygen atoms in total. The lowest BCUT2D eigenvalue weighted by Crippen LogP contribution is -2.47. The van der Waals surface area contributed by atoms with Gasteiger partial charge in [-0.2, -0.15) is 0 Å². The third-order valence-corrected chi connectivity index (χ3v) is 8.50. The minimum atomic E-state index is -0.252. The van der Waals surface area contributed by atoms with Gasteiger partial charge < -0.3 is 29.8 Å². The van der Waals surface area contributed by atoms with Crippen LogP contribution in [0.3, 0.4) is 0 Å². The summed E-state index contributed by atoms with van der Waals surface area (Å²) in [4.78, 5) is 33.7. The second-order valence-corrected chi connectivity index (χ2v) is 10.9. The van der Waals surface area contributed by atoms with E-state index in [2.05, 4.69) is 56.2 Å². The molecule has 0 bridgehead atoms. The maximum Gasteiger partial charge on any atom is 0.256 e. The van der Waals surface area contributed by atoms with E-state index in [4.69, 9.17) is 4.74 Å². The van der Waals surface area contributed by atoms with Crippen LogP contribution in [0.25, 0.3) is 10.9 Å². The van der Waals surface area contributed by atoms with Gasteiger partial charge in [0.2, 0.25) is 0 Å². The number of nitrogens with zero attached hydrogens (tertiary/aromatic N) is 3. The van der Waals surface area contributed by atoms with E-state index in [-0.39, 0.29) is 24.1 Å². The SMILES string of the molecule is COc1cc(C)[nH]c(=O)c1CNC(=O)c1c(C)n([C@H](C)C2CCN(CC3NC=CN3C)CC2)c2ccccc12. The van der Waals surface area contributed by atoms with Crippen LogP contribution in [0, 0.1) is 19.8 Å². The van der Waals surface area contributed by atoms with Crippen LogP contribution in [0.2, 0.25) is 0 Å². The Morgan fingerprint density at radius 3 is 2.64 bits per heavy atom. The normalized spacial score (nSPS) is 18.9. The van der Waals surface area contributed by atoms with Gasteiger partial charge in [0.25, 0.3) is 11.5 Å². The van der Waals surface area contributed by atoms with E-state index in [0.717, 1.165) is 49.1 Å². The average molecular weight is 533 g/mol. The van der Waals surface area contributed by atoms with Gasteiger partial charge in [0.05, 0.1) is 24.8 Å². The lowest BCUT2D eigenvalue weighted by molar-refractivity contribution is 0.0950. The van der Waals surface area contributed by atoms with E-state index in [1.807, 2.05) is 31.3 Å². The number of aryl methyl sites for hydroxylation is 1. The van der Waals surface area contributed by atoms with Crippen LogP contribution < -0.4 is 20.9 Å². The Balaban J connectivity index is 1.33. The average Bonchev–Trinajstić information content (AvgIpc) is 3.46. The Morgan fingerprint density at radius 1 is 1.21 bits per heavy atom. The first kappa shape index (κ1) is 26.9. The Hall–Kier alpha value is -3.72. The number of methoxy groups -OCH3 is 1. The van der Waals surface area contributed by atoms with Crippen molar-refractivity contribution < 1.29 is 9.53 Å². The number of fused-ring (bicyclic) bond motifs is 1. The highest BCUT2D eigenvalue weighted by atomic mass is 16.5. The molecule has 2 aromatic heterocycles. The van der Waals surface area contributed by atoms with Crippen LogP contribution in [0.5, 0.6) is 5.75 Å². The fourth-order valence-electron chi connectivity index (χ4n) is 6.24. The highest BCUT2D eigenvalue weighted by Gasteiger charge is 2.30. The summed E-state index contributed by atoms with van der Waals surface area (Å²) in [6.45, 7) is 9.36. The van der Waals surface area contributed by atoms with Crippen molar-refractivity contribution in [1.82, 2.24) is 30.0 Å². The number of nitrogens with one attached hydrogen (secondary N) is 3. The summed E-state index contributed by atoms with van der Waals surface area (Å²) < 4.78 is 7.75. The zero-order valence-electron chi connectivity index (χ0n) is 23.6. The first-order valence-electron chi connectivity index (χ1n) is 13.8. The second kappa shape index (κ2) is 11.2. The standard InChI is InChI=1S/C30H40N6O3/c1-19-16-26(39-5)24(29(37)33-19)17-32-30(38)28-21(3)36(25-9-7-6-8-23(25)28)20(2)22-10-13-35(14-11-22)18-27-31-12-15-34(27)4/h6-9,12,15-16,20,22,27,31H,10-11,13-14,17-18H2,1-5H3,(H,32,38)(H,33,37)/t20-,27?/m1/s1. The number of rotatable bonds is 8.